The van der Waals surface area contributed by atoms with Crippen LogP contribution in [0.1, 0.15) is 33.6 Å². The Kier molecular flexibility index (Phi) is 4.90. The molecule has 0 unspecified atom stereocenters. The van der Waals surface area contributed by atoms with Gasteiger partial charge < -0.3 is 9.67 Å². The summed E-state index contributed by atoms with van der Waals surface area (Å²) in [6.07, 6.45) is 0.517. The van der Waals surface area contributed by atoms with Gasteiger partial charge in [0.15, 0.2) is 0 Å². The summed E-state index contributed by atoms with van der Waals surface area (Å²) in [6, 6.07) is 11.2. The number of piperidine rings is 1. The summed E-state index contributed by atoms with van der Waals surface area (Å²) in [5, 5.41) is 14.1. The average Bonchev–Trinajstić information content (AvgIpc) is 3.12. The molecule has 0 spiro atoms. The first-order valence-corrected chi connectivity index (χ1v) is 11.7. The maximum atomic E-state index is 13.3. The van der Waals surface area contributed by atoms with E-state index in [0.717, 1.165) is 28.2 Å². The Hall–Kier alpha value is -2.08. The highest BCUT2D eigenvalue weighted by Gasteiger charge is 2.64. The third-order valence-corrected chi connectivity index (χ3v) is 8.55. The molecule has 5 rings (SSSR count). The van der Waals surface area contributed by atoms with Gasteiger partial charge in [0.2, 0.25) is 11.8 Å². The molecule has 5 nitrogen and oxygen atoms in total. The normalized spacial score (nSPS) is 25.8. The zero-order valence-electron chi connectivity index (χ0n) is 18.4. The van der Waals surface area contributed by atoms with Gasteiger partial charge in [-0.15, -0.1) is 0 Å². The van der Waals surface area contributed by atoms with Crippen molar-refractivity contribution < 1.29 is 14.7 Å². The fourth-order valence-corrected chi connectivity index (χ4v) is 6.14. The van der Waals surface area contributed by atoms with Crippen molar-refractivity contribution in [2.75, 3.05) is 6.54 Å². The lowest BCUT2D eigenvalue weighted by atomic mass is 9.62. The second-order valence-electron chi connectivity index (χ2n) is 9.99. The van der Waals surface area contributed by atoms with Crippen LogP contribution in [-0.2, 0) is 16.1 Å². The summed E-state index contributed by atoms with van der Waals surface area (Å²) in [5.41, 5.74) is 0.880. The van der Waals surface area contributed by atoms with E-state index >= 15 is 0 Å². The summed E-state index contributed by atoms with van der Waals surface area (Å²) in [7, 11) is 0. The van der Waals surface area contributed by atoms with Crippen molar-refractivity contribution in [3.05, 3.63) is 46.4 Å². The molecule has 2 aliphatic rings. The molecule has 2 amide bonds. The van der Waals surface area contributed by atoms with E-state index in [1.807, 2.05) is 61.7 Å². The number of benzene rings is 2. The summed E-state index contributed by atoms with van der Waals surface area (Å²) >= 11 is 12.5. The Labute approximate surface area is 196 Å². The van der Waals surface area contributed by atoms with E-state index in [0.29, 0.717) is 16.5 Å². The maximum Gasteiger partial charge on any atom is 0.235 e. The molecule has 2 heterocycles. The number of rotatable bonds is 4. The maximum absolute atomic E-state index is 13.3. The molecule has 3 atom stereocenters. The predicted octanol–water partition coefficient (Wildman–Crippen LogP) is 5.27. The minimum atomic E-state index is -0.905. The number of carbonyl (C=O) groups excluding carboxylic acids is 2. The van der Waals surface area contributed by atoms with Crippen molar-refractivity contribution >= 4 is 56.8 Å². The second-order valence-corrected chi connectivity index (χ2v) is 10.9. The van der Waals surface area contributed by atoms with Crippen LogP contribution in [0.15, 0.2) is 36.4 Å². The second kappa shape index (κ2) is 7.21. The van der Waals surface area contributed by atoms with Gasteiger partial charge in [-0.1, -0.05) is 44.0 Å². The predicted molar refractivity (Wildman–Crippen MR) is 127 cm³/mol. The number of β-amino-alcohol motifs (C(OH)–C–C–N with tert-alkyl or cyclic N) is 1. The number of imide groups is 1. The van der Waals surface area contributed by atoms with E-state index in [9.17, 15) is 14.7 Å². The molecule has 2 bridgehead atoms. The topological polar surface area (TPSA) is 62.5 Å². The number of hydrogen-bond donors (Lipinski definition) is 1. The van der Waals surface area contributed by atoms with E-state index in [1.165, 1.54) is 4.90 Å². The first-order chi connectivity index (χ1) is 15.0. The number of carbonyl (C=O) groups is 2. The van der Waals surface area contributed by atoms with Crippen LogP contribution in [0.25, 0.3) is 21.8 Å². The smallest absolute Gasteiger partial charge is 0.235 e. The molecule has 1 aromatic heterocycles. The van der Waals surface area contributed by atoms with Crippen LogP contribution < -0.4 is 0 Å². The number of fused-ring (bicyclic) bond motifs is 5. The standard InChI is InChI=1S/C25H26Cl2N2O3/c1-24(2)19-8-9-25(24,3)23(32)29(22(19)31)13-16(30)12-28-20-6-4-14(26)10-17(20)18-11-15(27)5-7-21(18)28/h4-7,10-11,16,19,30H,8-9,12-13H2,1-3H3/t16-,19+,25+/m0/s1. The van der Waals surface area contributed by atoms with Gasteiger partial charge >= 0.3 is 0 Å². The largest absolute Gasteiger partial charge is 0.389 e. The van der Waals surface area contributed by atoms with Crippen molar-refractivity contribution in [1.82, 2.24) is 9.47 Å². The van der Waals surface area contributed by atoms with Crippen molar-refractivity contribution in [2.45, 2.75) is 46.3 Å². The van der Waals surface area contributed by atoms with Crippen molar-refractivity contribution in [3.8, 4) is 0 Å². The van der Waals surface area contributed by atoms with Gasteiger partial charge in [0.25, 0.3) is 0 Å². The third kappa shape index (κ3) is 2.94. The minimum Gasteiger partial charge on any atom is -0.389 e. The Balaban J connectivity index is 1.48. The first-order valence-electron chi connectivity index (χ1n) is 11.0. The van der Waals surface area contributed by atoms with Gasteiger partial charge in [-0.05, 0) is 54.7 Å². The Bertz CT molecular complexity index is 1220. The summed E-state index contributed by atoms with van der Waals surface area (Å²) in [5.74, 6) is -0.509. The molecule has 168 valence electrons. The fourth-order valence-electron chi connectivity index (χ4n) is 5.80. The number of aliphatic hydroxyl groups is 1. The molecule has 1 saturated carbocycles. The van der Waals surface area contributed by atoms with Gasteiger partial charge in [-0.2, -0.15) is 0 Å². The first kappa shape index (κ1) is 21.7. The number of amides is 2. The summed E-state index contributed by atoms with van der Waals surface area (Å²) in [6.45, 7) is 6.22. The highest BCUT2D eigenvalue weighted by atomic mass is 35.5. The minimum absolute atomic E-state index is 0.0117. The Morgan fingerprint density at radius 3 is 2.12 bits per heavy atom. The zero-order valence-corrected chi connectivity index (χ0v) is 19.9. The van der Waals surface area contributed by atoms with E-state index in [1.54, 1.807) is 0 Å². The fraction of sp³-hybridized carbons (Fsp3) is 0.440. The lowest BCUT2D eigenvalue weighted by Crippen LogP contribution is -2.60. The molecule has 1 aliphatic heterocycles. The van der Waals surface area contributed by atoms with E-state index in [4.69, 9.17) is 23.2 Å². The zero-order chi connectivity index (χ0) is 23.0. The monoisotopic (exact) mass is 472 g/mol. The van der Waals surface area contributed by atoms with Crippen LogP contribution in [0.4, 0.5) is 0 Å². The number of hydrogen-bond acceptors (Lipinski definition) is 3. The molecule has 2 fully saturated rings. The van der Waals surface area contributed by atoms with Gasteiger partial charge in [0.1, 0.15) is 0 Å². The van der Waals surface area contributed by atoms with E-state index in [2.05, 4.69) is 0 Å². The van der Waals surface area contributed by atoms with Crippen molar-refractivity contribution in [2.24, 2.45) is 16.7 Å². The molecular weight excluding hydrogens is 447 g/mol. The lowest BCUT2D eigenvalue weighted by Gasteiger charge is -2.48. The van der Waals surface area contributed by atoms with Crippen LogP contribution in [-0.4, -0.2) is 39.0 Å². The highest BCUT2D eigenvalue weighted by Crippen LogP contribution is 2.60. The van der Waals surface area contributed by atoms with Crippen LogP contribution >= 0.6 is 23.2 Å². The van der Waals surface area contributed by atoms with Gasteiger partial charge in [-0.3, -0.25) is 14.5 Å². The molecule has 7 heteroatoms. The molecule has 1 saturated heterocycles. The molecule has 1 N–H and O–H groups in total. The number of aliphatic hydroxyl groups excluding tert-OH is 1. The van der Waals surface area contributed by atoms with Gasteiger partial charge in [0.05, 0.1) is 24.6 Å². The third-order valence-electron chi connectivity index (χ3n) is 8.08. The van der Waals surface area contributed by atoms with E-state index in [-0.39, 0.29) is 36.2 Å². The molecule has 32 heavy (non-hydrogen) atoms. The summed E-state index contributed by atoms with van der Waals surface area (Å²) in [4.78, 5) is 27.8. The quantitative estimate of drug-likeness (QED) is 0.525. The van der Waals surface area contributed by atoms with Crippen LogP contribution in [0, 0.1) is 16.7 Å². The van der Waals surface area contributed by atoms with Crippen molar-refractivity contribution in [3.63, 3.8) is 0 Å². The number of aromatic nitrogens is 1. The summed E-state index contributed by atoms with van der Waals surface area (Å²) < 4.78 is 2.00. The Morgan fingerprint density at radius 1 is 1.00 bits per heavy atom. The molecule has 3 aromatic rings. The highest BCUT2D eigenvalue weighted by molar-refractivity contribution is 6.33. The van der Waals surface area contributed by atoms with E-state index < -0.39 is 11.5 Å². The number of halogens is 2. The Morgan fingerprint density at radius 2 is 1.56 bits per heavy atom. The molecule has 2 aromatic carbocycles. The van der Waals surface area contributed by atoms with Gasteiger partial charge in [0, 0.05) is 37.8 Å². The van der Waals surface area contributed by atoms with Gasteiger partial charge in [-0.25, -0.2) is 0 Å². The average molecular weight is 473 g/mol. The molecular formula is C25H26Cl2N2O3. The SMILES string of the molecule is CC1(C)[C@@H]2CC[C@]1(C)C(=O)N(C[C@@H](O)Cn1c3ccc(Cl)cc3c3cc(Cl)ccc31)C2=O. The van der Waals surface area contributed by atoms with Crippen LogP contribution in [0.5, 0.6) is 0 Å². The lowest BCUT2D eigenvalue weighted by molar-refractivity contribution is -0.169. The van der Waals surface area contributed by atoms with Crippen LogP contribution in [0.2, 0.25) is 10.0 Å². The molecule has 1 aliphatic carbocycles. The number of likely N-dealkylation sites (tertiary alicyclic amines) is 1. The van der Waals surface area contributed by atoms with Crippen molar-refractivity contribution in [1.29, 1.82) is 0 Å². The molecule has 0 radical (unpaired) electrons. The number of nitrogens with zero attached hydrogens (tertiary/aromatic N) is 2. The van der Waals surface area contributed by atoms with Crippen LogP contribution in [0.3, 0.4) is 0 Å².